The Bertz CT molecular complexity index is 873. The second kappa shape index (κ2) is 10.7. The normalized spacial score (nSPS) is 11.3. The molecule has 0 heterocycles. The van der Waals surface area contributed by atoms with Gasteiger partial charge in [-0.15, -0.1) is 11.8 Å². The number of sulfonamides is 1. The summed E-state index contributed by atoms with van der Waals surface area (Å²) >= 11 is 7.41. The van der Waals surface area contributed by atoms with Gasteiger partial charge < -0.3 is 5.32 Å². The van der Waals surface area contributed by atoms with Gasteiger partial charge in [-0.25, -0.2) is 13.1 Å². The molecule has 0 fully saturated rings. The van der Waals surface area contributed by atoms with Crippen LogP contribution in [0.5, 0.6) is 0 Å². The van der Waals surface area contributed by atoms with Crippen LogP contribution < -0.4 is 10.0 Å². The van der Waals surface area contributed by atoms with Gasteiger partial charge in [0.2, 0.25) is 15.9 Å². The van der Waals surface area contributed by atoms with Gasteiger partial charge >= 0.3 is 0 Å². The Morgan fingerprint density at radius 3 is 2.67 bits per heavy atom. The van der Waals surface area contributed by atoms with Gasteiger partial charge in [-0.1, -0.05) is 43.1 Å². The zero-order chi connectivity index (χ0) is 19.7. The highest BCUT2D eigenvalue weighted by Gasteiger charge is 2.14. The highest BCUT2D eigenvalue weighted by atomic mass is 35.5. The molecule has 27 heavy (non-hydrogen) atoms. The maximum Gasteiger partial charge on any atom is 0.240 e. The average molecular weight is 427 g/mol. The third-order valence-corrected chi connectivity index (χ3v) is 6.34. The zero-order valence-electron chi connectivity index (χ0n) is 15.1. The minimum atomic E-state index is -3.57. The fourth-order valence-electron chi connectivity index (χ4n) is 2.29. The van der Waals surface area contributed by atoms with Crippen LogP contribution in [0.15, 0.2) is 53.4 Å². The third kappa shape index (κ3) is 7.54. The molecule has 0 spiro atoms. The predicted octanol–water partition coefficient (Wildman–Crippen LogP) is 4.29. The van der Waals surface area contributed by atoms with Gasteiger partial charge in [0.25, 0.3) is 0 Å². The minimum Gasteiger partial charge on any atom is -0.325 e. The Hall–Kier alpha value is -1.54. The molecule has 5 nitrogen and oxygen atoms in total. The lowest BCUT2D eigenvalue weighted by atomic mass is 10.2. The molecule has 2 rings (SSSR count). The quantitative estimate of drug-likeness (QED) is 0.555. The zero-order valence-corrected chi connectivity index (χ0v) is 17.5. The number of halogens is 1. The molecule has 8 heteroatoms. The van der Waals surface area contributed by atoms with E-state index in [0.29, 0.717) is 23.0 Å². The SMILES string of the molecule is CCCCNS(=O)(=O)c1cccc(NC(=O)CSCc2cccc(Cl)c2)c1. The van der Waals surface area contributed by atoms with Crippen molar-refractivity contribution in [2.45, 2.75) is 30.4 Å². The number of nitrogens with one attached hydrogen (secondary N) is 2. The second-order valence-corrected chi connectivity index (χ2v) is 9.14. The summed E-state index contributed by atoms with van der Waals surface area (Å²) < 4.78 is 27.1. The van der Waals surface area contributed by atoms with Crippen molar-refractivity contribution in [3.8, 4) is 0 Å². The maximum atomic E-state index is 12.3. The summed E-state index contributed by atoms with van der Waals surface area (Å²) in [5, 5.41) is 3.41. The summed E-state index contributed by atoms with van der Waals surface area (Å²) in [6, 6.07) is 13.8. The molecule has 146 valence electrons. The summed E-state index contributed by atoms with van der Waals surface area (Å²) in [5.41, 5.74) is 1.51. The van der Waals surface area contributed by atoms with Crippen LogP contribution in [0.1, 0.15) is 25.3 Å². The molecular formula is C19H23ClN2O3S2. The number of amides is 1. The van der Waals surface area contributed by atoms with Crippen LogP contribution >= 0.6 is 23.4 Å². The van der Waals surface area contributed by atoms with Crippen molar-refractivity contribution in [2.24, 2.45) is 0 Å². The molecule has 0 atom stereocenters. The Labute approximate surface area is 169 Å². The highest BCUT2D eigenvalue weighted by Crippen LogP contribution is 2.18. The first-order valence-electron chi connectivity index (χ1n) is 8.62. The molecule has 0 aliphatic heterocycles. The van der Waals surface area contributed by atoms with Crippen LogP contribution in [0, 0.1) is 0 Å². The van der Waals surface area contributed by atoms with Gasteiger partial charge in [-0.2, -0.15) is 0 Å². The molecule has 0 aliphatic rings. The van der Waals surface area contributed by atoms with E-state index < -0.39 is 10.0 Å². The fourth-order valence-corrected chi connectivity index (χ4v) is 4.40. The summed E-state index contributed by atoms with van der Waals surface area (Å²) in [7, 11) is -3.57. The Morgan fingerprint density at radius 2 is 1.93 bits per heavy atom. The van der Waals surface area contributed by atoms with E-state index in [1.807, 2.05) is 25.1 Å². The molecule has 2 N–H and O–H groups in total. The van der Waals surface area contributed by atoms with Crippen molar-refractivity contribution < 1.29 is 13.2 Å². The monoisotopic (exact) mass is 426 g/mol. The predicted molar refractivity (Wildman–Crippen MR) is 113 cm³/mol. The molecular weight excluding hydrogens is 404 g/mol. The number of unbranched alkanes of at least 4 members (excludes halogenated alkanes) is 1. The Kier molecular flexibility index (Phi) is 8.63. The number of hydrogen-bond acceptors (Lipinski definition) is 4. The van der Waals surface area contributed by atoms with Crippen molar-refractivity contribution in [1.82, 2.24) is 4.72 Å². The topological polar surface area (TPSA) is 75.3 Å². The van der Waals surface area contributed by atoms with Crippen LogP contribution in [-0.4, -0.2) is 26.6 Å². The van der Waals surface area contributed by atoms with E-state index in [4.69, 9.17) is 11.6 Å². The van der Waals surface area contributed by atoms with Crippen LogP contribution in [0.3, 0.4) is 0 Å². The van der Waals surface area contributed by atoms with Gasteiger partial charge in [0.05, 0.1) is 10.6 Å². The number of carbonyl (C=O) groups is 1. The first-order chi connectivity index (χ1) is 12.9. The van der Waals surface area contributed by atoms with E-state index >= 15 is 0 Å². The molecule has 0 saturated carbocycles. The van der Waals surface area contributed by atoms with Crippen molar-refractivity contribution >= 4 is 45.0 Å². The molecule has 0 unspecified atom stereocenters. The van der Waals surface area contributed by atoms with Crippen molar-refractivity contribution in [2.75, 3.05) is 17.6 Å². The van der Waals surface area contributed by atoms with Gasteiger partial charge in [0.1, 0.15) is 0 Å². The van der Waals surface area contributed by atoms with Crippen LogP contribution in [0.4, 0.5) is 5.69 Å². The molecule has 2 aromatic rings. The Balaban J connectivity index is 1.88. The first-order valence-corrected chi connectivity index (χ1v) is 11.6. The summed E-state index contributed by atoms with van der Waals surface area (Å²) in [6.07, 6.45) is 1.69. The Morgan fingerprint density at radius 1 is 1.15 bits per heavy atom. The smallest absolute Gasteiger partial charge is 0.240 e. The highest BCUT2D eigenvalue weighted by molar-refractivity contribution is 7.99. The molecule has 0 bridgehead atoms. The molecule has 2 aromatic carbocycles. The molecule has 0 saturated heterocycles. The van der Waals surface area contributed by atoms with Crippen LogP contribution in [0.25, 0.3) is 0 Å². The molecule has 0 aromatic heterocycles. The van der Waals surface area contributed by atoms with E-state index in [2.05, 4.69) is 10.0 Å². The number of benzene rings is 2. The molecule has 0 radical (unpaired) electrons. The largest absolute Gasteiger partial charge is 0.325 e. The van der Waals surface area contributed by atoms with E-state index in [1.165, 1.54) is 23.9 Å². The maximum absolute atomic E-state index is 12.3. The summed E-state index contributed by atoms with van der Waals surface area (Å²) in [4.78, 5) is 12.3. The number of hydrogen-bond donors (Lipinski definition) is 2. The lowest BCUT2D eigenvalue weighted by Gasteiger charge is -2.09. The summed E-state index contributed by atoms with van der Waals surface area (Å²) in [5.74, 6) is 0.748. The van der Waals surface area contributed by atoms with Gasteiger partial charge in [-0.3, -0.25) is 4.79 Å². The summed E-state index contributed by atoms with van der Waals surface area (Å²) in [6.45, 7) is 2.39. The van der Waals surface area contributed by atoms with Crippen LogP contribution in [-0.2, 0) is 20.6 Å². The minimum absolute atomic E-state index is 0.142. The van der Waals surface area contributed by atoms with E-state index in [1.54, 1.807) is 18.2 Å². The third-order valence-electron chi connectivity index (χ3n) is 3.64. The van der Waals surface area contributed by atoms with Crippen LogP contribution in [0.2, 0.25) is 5.02 Å². The van der Waals surface area contributed by atoms with E-state index in [-0.39, 0.29) is 16.6 Å². The molecule has 1 amide bonds. The molecule has 0 aliphatic carbocycles. The standard InChI is InChI=1S/C19H23ClN2O3S2/c1-2-3-10-21-27(24,25)18-9-5-8-17(12-18)22-19(23)14-26-13-15-6-4-7-16(20)11-15/h4-9,11-12,21H,2-3,10,13-14H2,1H3,(H,22,23). The van der Waals surface area contributed by atoms with E-state index in [0.717, 1.165) is 18.4 Å². The number of thioether (sulfide) groups is 1. The van der Waals surface area contributed by atoms with Crippen molar-refractivity contribution in [3.05, 3.63) is 59.1 Å². The van der Waals surface area contributed by atoms with Gasteiger partial charge in [0.15, 0.2) is 0 Å². The number of anilines is 1. The average Bonchev–Trinajstić information content (AvgIpc) is 2.62. The lowest BCUT2D eigenvalue weighted by Crippen LogP contribution is -2.25. The van der Waals surface area contributed by atoms with Crippen molar-refractivity contribution in [1.29, 1.82) is 0 Å². The number of rotatable bonds is 10. The second-order valence-electron chi connectivity index (χ2n) is 5.95. The van der Waals surface area contributed by atoms with Gasteiger partial charge in [0, 0.05) is 23.0 Å². The van der Waals surface area contributed by atoms with Crippen molar-refractivity contribution in [3.63, 3.8) is 0 Å². The van der Waals surface area contributed by atoms with E-state index in [9.17, 15) is 13.2 Å². The number of carbonyl (C=O) groups excluding carboxylic acids is 1. The lowest BCUT2D eigenvalue weighted by molar-refractivity contribution is -0.113. The first kappa shape index (κ1) is 21.8. The van der Waals surface area contributed by atoms with Gasteiger partial charge in [-0.05, 0) is 42.3 Å². The fraction of sp³-hybridized carbons (Fsp3) is 0.316.